The Morgan fingerprint density at radius 1 is 1.22 bits per heavy atom. The molecule has 1 amide bonds. The number of furan rings is 1. The summed E-state index contributed by atoms with van der Waals surface area (Å²) in [6, 6.07) is 8.14. The quantitative estimate of drug-likeness (QED) is 0.689. The van der Waals surface area contributed by atoms with E-state index in [1.807, 2.05) is 13.0 Å². The number of aryl methyl sites for hydroxylation is 1. The molecule has 0 saturated heterocycles. The summed E-state index contributed by atoms with van der Waals surface area (Å²) >= 11 is 12.1. The Balaban J connectivity index is 1.87. The number of halogens is 2. The molecule has 138 valence electrons. The van der Waals surface area contributed by atoms with Gasteiger partial charge in [0.2, 0.25) is 11.9 Å². The minimum absolute atomic E-state index is 0.363. The lowest BCUT2D eigenvalue weighted by molar-refractivity contribution is -0.115. The molecule has 3 N–H and O–H groups in total. The lowest BCUT2D eigenvalue weighted by atomic mass is 10.0. The summed E-state index contributed by atoms with van der Waals surface area (Å²) in [7, 11) is 0. The summed E-state index contributed by atoms with van der Waals surface area (Å²) in [5, 5.41) is 8.49. The van der Waals surface area contributed by atoms with E-state index in [1.165, 1.54) is 0 Å². The third-order valence-corrected chi connectivity index (χ3v) is 5.07. The van der Waals surface area contributed by atoms with Crippen LogP contribution in [-0.2, 0) is 4.79 Å². The van der Waals surface area contributed by atoms with Gasteiger partial charge in [-0.25, -0.2) is 4.68 Å². The normalized spacial score (nSPS) is 16.2. The fourth-order valence-corrected chi connectivity index (χ4v) is 3.39. The zero-order chi connectivity index (χ0) is 19.3. The third-order valence-electron chi connectivity index (χ3n) is 4.33. The number of rotatable bonds is 3. The molecular weight excluding hydrogens is 389 g/mol. The van der Waals surface area contributed by atoms with E-state index in [0.717, 1.165) is 5.76 Å². The number of benzene rings is 1. The number of carbonyl (C=O) groups excluding carboxylic acids is 1. The van der Waals surface area contributed by atoms with Crippen molar-refractivity contribution >= 4 is 35.1 Å². The molecule has 1 unspecified atom stereocenters. The van der Waals surface area contributed by atoms with Gasteiger partial charge < -0.3 is 15.5 Å². The predicted molar refractivity (Wildman–Crippen MR) is 103 cm³/mol. The van der Waals surface area contributed by atoms with E-state index in [4.69, 9.17) is 33.4 Å². The molecule has 9 heteroatoms. The van der Waals surface area contributed by atoms with Crippen LogP contribution in [0, 0.1) is 6.92 Å². The number of nitrogens with one attached hydrogen (secondary N) is 1. The number of amides is 1. The molecular formula is C18H15Cl2N5O2. The molecule has 0 bridgehead atoms. The highest BCUT2D eigenvalue weighted by atomic mass is 35.5. The summed E-state index contributed by atoms with van der Waals surface area (Å²) < 4.78 is 7.35. The van der Waals surface area contributed by atoms with Crippen molar-refractivity contribution in [3.63, 3.8) is 0 Å². The van der Waals surface area contributed by atoms with Gasteiger partial charge in [0.1, 0.15) is 17.6 Å². The van der Waals surface area contributed by atoms with Crippen LogP contribution in [0.4, 0.5) is 5.95 Å². The molecule has 1 aromatic carbocycles. The number of anilines is 1. The number of allylic oxidation sites excluding steroid dienone is 1. The molecule has 0 saturated carbocycles. The average molecular weight is 404 g/mol. The van der Waals surface area contributed by atoms with E-state index in [0.29, 0.717) is 44.4 Å². The molecule has 0 fully saturated rings. The van der Waals surface area contributed by atoms with E-state index in [9.17, 15) is 4.79 Å². The molecule has 3 heterocycles. The van der Waals surface area contributed by atoms with E-state index >= 15 is 0 Å². The zero-order valence-electron chi connectivity index (χ0n) is 14.5. The van der Waals surface area contributed by atoms with Crippen LogP contribution in [0.1, 0.15) is 24.5 Å². The van der Waals surface area contributed by atoms with Crippen LogP contribution >= 0.6 is 23.2 Å². The molecule has 7 nitrogen and oxygen atoms in total. The van der Waals surface area contributed by atoms with Crippen LogP contribution in [0.25, 0.3) is 11.4 Å². The summed E-state index contributed by atoms with van der Waals surface area (Å²) in [6.45, 7) is 3.59. The minimum atomic E-state index is -0.614. The zero-order valence-corrected chi connectivity index (χ0v) is 16.0. The SMILES string of the molecule is CC1=C(C(N)=O)C(c2ccc(C)o2)n2nc(-c3ccc(Cl)c(Cl)c3)nc2N1. The molecule has 0 radical (unpaired) electrons. The topological polar surface area (TPSA) is 99.0 Å². The first-order valence-corrected chi connectivity index (χ1v) is 8.86. The van der Waals surface area contributed by atoms with E-state index in [2.05, 4.69) is 15.4 Å². The number of hydrogen-bond acceptors (Lipinski definition) is 5. The summed E-state index contributed by atoms with van der Waals surface area (Å²) in [6.07, 6.45) is 0. The summed E-state index contributed by atoms with van der Waals surface area (Å²) in [5.74, 6) is 1.61. The molecule has 27 heavy (non-hydrogen) atoms. The Bertz CT molecular complexity index is 1100. The van der Waals surface area contributed by atoms with Crippen LogP contribution in [0.15, 0.2) is 46.0 Å². The van der Waals surface area contributed by atoms with Crippen molar-refractivity contribution in [2.45, 2.75) is 19.9 Å². The van der Waals surface area contributed by atoms with Crippen molar-refractivity contribution in [3.05, 3.63) is 63.2 Å². The van der Waals surface area contributed by atoms with Crippen LogP contribution in [-0.4, -0.2) is 20.7 Å². The molecule has 1 atom stereocenters. The summed E-state index contributed by atoms with van der Waals surface area (Å²) in [4.78, 5) is 16.6. The van der Waals surface area contributed by atoms with Gasteiger partial charge in [0.25, 0.3) is 0 Å². The highest BCUT2D eigenvalue weighted by molar-refractivity contribution is 6.42. The van der Waals surface area contributed by atoms with Gasteiger partial charge in [0.05, 0.1) is 15.6 Å². The average Bonchev–Trinajstić information content (AvgIpc) is 3.21. The molecule has 0 spiro atoms. The maximum atomic E-state index is 12.1. The molecule has 0 aliphatic carbocycles. The molecule has 2 aromatic heterocycles. The Kier molecular flexibility index (Phi) is 4.20. The lowest BCUT2D eigenvalue weighted by Crippen LogP contribution is -2.31. The number of hydrogen-bond donors (Lipinski definition) is 2. The number of carbonyl (C=O) groups is 1. The number of primary amides is 1. The van der Waals surface area contributed by atoms with Crippen LogP contribution in [0.3, 0.4) is 0 Å². The fraction of sp³-hybridized carbons (Fsp3) is 0.167. The van der Waals surface area contributed by atoms with Gasteiger partial charge >= 0.3 is 0 Å². The number of nitrogens with two attached hydrogens (primary N) is 1. The van der Waals surface area contributed by atoms with Crippen molar-refractivity contribution in [1.29, 1.82) is 0 Å². The predicted octanol–water partition coefficient (Wildman–Crippen LogP) is 3.93. The Labute approximate surface area is 164 Å². The van der Waals surface area contributed by atoms with Crippen molar-refractivity contribution < 1.29 is 9.21 Å². The van der Waals surface area contributed by atoms with Gasteiger partial charge in [-0.05, 0) is 44.2 Å². The first-order chi connectivity index (χ1) is 12.8. The van der Waals surface area contributed by atoms with E-state index < -0.39 is 11.9 Å². The van der Waals surface area contributed by atoms with Gasteiger partial charge in [-0.3, -0.25) is 4.79 Å². The van der Waals surface area contributed by atoms with Crippen LogP contribution < -0.4 is 11.1 Å². The van der Waals surface area contributed by atoms with Crippen molar-refractivity contribution in [2.75, 3.05) is 5.32 Å². The van der Waals surface area contributed by atoms with Crippen molar-refractivity contribution in [1.82, 2.24) is 14.8 Å². The minimum Gasteiger partial charge on any atom is -0.464 e. The van der Waals surface area contributed by atoms with Crippen LogP contribution in [0.2, 0.25) is 10.0 Å². The number of fused-ring (bicyclic) bond motifs is 1. The molecule has 1 aliphatic heterocycles. The Morgan fingerprint density at radius 3 is 2.63 bits per heavy atom. The highest BCUT2D eigenvalue weighted by Crippen LogP contribution is 2.37. The fourth-order valence-electron chi connectivity index (χ4n) is 3.09. The number of aromatic nitrogens is 3. The second-order valence-electron chi connectivity index (χ2n) is 6.21. The smallest absolute Gasteiger partial charge is 0.249 e. The highest BCUT2D eigenvalue weighted by Gasteiger charge is 2.35. The standard InChI is InChI=1S/C18H15Cl2N5O2/c1-8-3-6-13(27-8)15-14(16(21)26)9(2)22-18-23-17(24-25(15)18)10-4-5-11(19)12(20)7-10/h3-7,15H,1-2H3,(H2,21,26)(H,22,23,24). The Hall–Kier alpha value is -2.77. The van der Waals surface area contributed by atoms with E-state index in [1.54, 1.807) is 35.9 Å². The van der Waals surface area contributed by atoms with Gasteiger partial charge in [-0.15, -0.1) is 5.10 Å². The maximum Gasteiger partial charge on any atom is 0.249 e. The molecule has 4 rings (SSSR count). The monoisotopic (exact) mass is 403 g/mol. The summed E-state index contributed by atoms with van der Waals surface area (Å²) in [5.41, 5.74) is 7.29. The second kappa shape index (κ2) is 6.44. The molecule has 1 aliphatic rings. The third kappa shape index (κ3) is 2.98. The Morgan fingerprint density at radius 2 is 2.00 bits per heavy atom. The first-order valence-electron chi connectivity index (χ1n) is 8.11. The van der Waals surface area contributed by atoms with Crippen molar-refractivity contribution in [2.24, 2.45) is 5.73 Å². The van der Waals surface area contributed by atoms with Gasteiger partial charge in [0.15, 0.2) is 5.82 Å². The second-order valence-corrected chi connectivity index (χ2v) is 7.03. The first kappa shape index (κ1) is 17.6. The largest absolute Gasteiger partial charge is 0.464 e. The van der Waals surface area contributed by atoms with Crippen LogP contribution in [0.5, 0.6) is 0 Å². The van der Waals surface area contributed by atoms with Gasteiger partial charge in [-0.1, -0.05) is 23.2 Å². The molecule has 3 aromatic rings. The lowest BCUT2D eigenvalue weighted by Gasteiger charge is -2.25. The van der Waals surface area contributed by atoms with Gasteiger partial charge in [-0.2, -0.15) is 4.98 Å². The van der Waals surface area contributed by atoms with Crippen molar-refractivity contribution in [3.8, 4) is 11.4 Å². The number of nitrogens with zero attached hydrogens (tertiary/aromatic N) is 3. The van der Waals surface area contributed by atoms with Gasteiger partial charge in [0, 0.05) is 11.3 Å². The maximum absolute atomic E-state index is 12.1. The van der Waals surface area contributed by atoms with E-state index in [-0.39, 0.29) is 0 Å².